The Labute approximate surface area is 122 Å². The van der Waals surface area contributed by atoms with Crippen LogP contribution in [0.15, 0.2) is 11.4 Å². The van der Waals surface area contributed by atoms with Crippen LogP contribution >= 0.6 is 23.1 Å². The van der Waals surface area contributed by atoms with Gasteiger partial charge in [-0.05, 0) is 42.0 Å². The fourth-order valence-electron chi connectivity index (χ4n) is 3.12. The molecule has 1 aromatic rings. The lowest BCUT2D eigenvalue weighted by atomic mass is 9.97. The molecule has 1 atom stereocenters. The van der Waals surface area contributed by atoms with Gasteiger partial charge in [0, 0.05) is 11.4 Å². The van der Waals surface area contributed by atoms with E-state index in [2.05, 4.69) is 16.8 Å². The van der Waals surface area contributed by atoms with Gasteiger partial charge in [-0.15, -0.1) is 23.1 Å². The maximum absolute atomic E-state index is 12.6. The molecule has 0 radical (unpaired) electrons. The first-order valence-corrected chi connectivity index (χ1v) is 8.87. The van der Waals surface area contributed by atoms with Gasteiger partial charge in [-0.25, -0.2) is 0 Å². The summed E-state index contributed by atoms with van der Waals surface area (Å²) in [5, 5.41) is 5.34. The third-order valence-corrected chi connectivity index (χ3v) is 6.49. The van der Waals surface area contributed by atoms with Crippen molar-refractivity contribution in [2.75, 3.05) is 12.3 Å². The van der Waals surface area contributed by atoms with E-state index in [0.29, 0.717) is 6.54 Å². The van der Waals surface area contributed by atoms with Gasteiger partial charge in [-0.3, -0.25) is 4.79 Å². The number of aryl methyl sites for hydroxylation is 1. The molecule has 0 aromatic carbocycles. The molecule has 0 saturated heterocycles. The zero-order chi connectivity index (χ0) is 13.3. The summed E-state index contributed by atoms with van der Waals surface area (Å²) < 4.78 is 0. The van der Waals surface area contributed by atoms with Crippen LogP contribution in [0.5, 0.6) is 0 Å². The second kappa shape index (κ2) is 5.46. The van der Waals surface area contributed by atoms with Crippen molar-refractivity contribution in [3.8, 4) is 0 Å². The molecule has 0 spiro atoms. The number of hydrogen-bond acceptors (Lipinski definition) is 4. The highest BCUT2D eigenvalue weighted by Gasteiger charge is 2.37. The Morgan fingerprint density at radius 3 is 3.00 bits per heavy atom. The lowest BCUT2D eigenvalue weighted by molar-refractivity contribution is -0.122. The third kappa shape index (κ3) is 2.56. The Hall–Kier alpha value is -0.520. The van der Waals surface area contributed by atoms with Gasteiger partial charge in [0.25, 0.3) is 0 Å². The molecular formula is C14H20N2OS2. The van der Waals surface area contributed by atoms with E-state index in [4.69, 9.17) is 5.73 Å². The van der Waals surface area contributed by atoms with Crippen molar-refractivity contribution in [3.05, 3.63) is 21.9 Å². The van der Waals surface area contributed by atoms with Crippen LogP contribution in [0, 0.1) is 0 Å². The lowest BCUT2D eigenvalue weighted by Crippen LogP contribution is -2.52. The summed E-state index contributed by atoms with van der Waals surface area (Å²) >= 11 is 3.54. The maximum Gasteiger partial charge on any atom is 0.238 e. The number of thioether (sulfide) groups is 1. The molecule has 1 amide bonds. The Morgan fingerprint density at radius 2 is 2.26 bits per heavy atom. The predicted molar refractivity (Wildman–Crippen MR) is 81.6 cm³/mol. The number of rotatable bonds is 3. The van der Waals surface area contributed by atoms with E-state index in [1.54, 1.807) is 23.1 Å². The third-order valence-electron chi connectivity index (χ3n) is 4.25. The predicted octanol–water partition coefficient (Wildman–Crippen LogP) is 2.47. The molecule has 1 aliphatic carbocycles. The Bertz CT molecular complexity index is 466. The topological polar surface area (TPSA) is 55.1 Å². The van der Waals surface area contributed by atoms with Crippen molar-refractivity contribution in [1.29, 1.82) is 0 Å². The minimum atomic E-state index is -0.134. The molecule has 104 valence electrons. The highest BCUT2D eigenvalue weighted by molar-refractivity contribution is 8.00. The second-order valence-corrected chi connectivity index (χ2v) is 7.69. The lowest BCUT2D eigenvalue weighted by Gasteiger charge is -2.31. The Morgan fingerprint density at radius 1 is 1.47 bits per heavy atom. The van der Waals surface area contributed by atoms with Crippen LogP contribution < -0.4 is 11.1 Å². The molecule has 1 fully saturated rings. The van der Waals surface area contributed by atoms with Crippen LogP contribution in [-0.4, -0.2) is 23.7 Å². The van der Waals surface area contributed by atoms with Gasteiger partial charge in [-0.1, -0.05) is 12.8 Å². The summed E-state index contributed by atoms with van der Waals surface area (Å²) in [6.45, 7) is 0.562. The zero-order valence-corrected chi connectivity index (χ0v) is 12.6. The van der Waals surface area contributed by atoms with Crippen LogP contribution in [0.4, 0.5) is 0 Å². The quantitative estimate of drug-likeness (QED) is 0.901. The molecule has 1 aromatic heterocycles. The molecule has 2 heterocycles. The molecule has 1 saturated carbocycles. The first-order valence-electron chi connectivity index (χ1n) is 6.94. The van der Waals surface area contributed by atoms with E-state index >= 15 is 0 Å². The van der Waals surface area contributed by atoms with E-state index in [9.17, 15) is 4.79 Å². The Kier molecular flexibility index (Phi) is 3.87. The molecule has 3 nitrogen and oxygen atoms in total. The van der Waals surface area contributed by atoms with Crippen molar-refractivity contribution in [1.82, 2.24) is 5.32 Å². The van der Waals surface area contributed by atoms with Gasteiger partial charge in [-0.2, -0.15) is 0 Å². The number of hydrogen-bond donors (Lipinski definition) is 2. The van der Waals surface area contributed by atoms with Crippen LogP contribution in [-0.2, 0) is 11.2 Å². The van der Waals surface area contributed by atoms with Crippen molar-refractivity contribution in [2.24, 2.45) is 5.73 Å². The molecule has 2 aliphatic rings. The number of thiophene rings is 1. The average Bonchev–Trinajstić information content (AvgIpc) is 3.06. The number of nitrogens with two attached hydrogens (primary N) is 1. The van der Waals surface area contributed by atoms with Crippen LogP contribution in [0.2, 0.25) is 0 Å². The molecular weight excluding hydrogens is 276 g/mol. The summed E-state index contributed by atoms with van der Waals surface area (Å²) in [7, 11) is 0. The van der Waals surface area contributed by atoms with E-state index < -0.39 is 0 Å². The van der Waals surface area contributed by atoms with Gasteiger partial charge >= 0.3 is 0 Å². The highest BCUT2D eigenvalue weighted by Crippen LogP contribution is 2.40. The van der Waals surface area contributed by atoms with E-state index in [0.717, 1.165) is 25.0 Å². The highest BCUT2D eigenvalue weighted by atomic mass is 32.2. The number of carbonyl (C=O) groups excluding carboxylic acids is 1. The molecule has 1 unspecified atom stereocenters. The normalized spacial score (nSPS) is 25.0. The number of nitrogens with one attached hydrogen (secondary N) is 1. The number of amides is 1. The van der Waals surface area contributed by atoms with E-state index in [1.807, 2.05) is 0 Å². The van der Waals surface area contributed by atoms with Crippen molar-refractivity contribution < 1.29 is 4.79 Å². The standard InChI is InChI=1S/C14H20N2OS2/c15-9-14(5-1-2-6-14)16-13(17)12-10-3-7-18-11(10)4-8-19-12/h3,7,12H,1-2,4-6,8-9,15H2,(H,16,17). The summed E-state index contributed by atoms with van der Waals surface area (Å²) in [6.07, 6.45) is 5.52. The molecule has 3 N–H and O–H groups in total. The summed E-state index contributed by atoms with van der Waals surface area (Å²) in [5.41, 5.74) is 6.99. The molecule has 3 rings (SSSR count). The Balaban J connectivity index is 1.75. The van der Waals surface area contributed by atoms with Crippen LogP contribution in [0.1, 0.15) is 41.4 Å². The molecule has 19 heavy (non-hydrogen) atoms. The SMILES string of the molecule is NCC1(NC(=O)C2SCCc3sccc32)CCCC1. The van der Waals surface area contributed by atoms with Gasteiger partial charge in [0.2, 0.25) is 5.91 Å². The van der Waals surface area contributed by atoms with E-state index in [-0.39, 0.29) is 16.7 Å². The van der Waals surface area contributed by atoms with Crippen molar-refractivity contribution >= 4 is 29.0 Å². The van der Waals surface area contributed by atoms with Crippen molar-refractivity contribution in [2.45, 2.75) is 42.9 Å². The number of fused-ring (bicyclic) bond motifs is 1. The van der Waals surface area contributed by atoms with Gasteiger partial charge in [0.05, 0.1) is 5.54 Å². The zero-order valence-electron chi connectivity index (χ0n) is 11.0. The van der Waals surface area contributed by atoms with Crippen molar-refractivity contribution in [3.63, 3.8) is 0 Å². The summed E-state index contributed by atoms with van der Waals surface area (Å²) in [5.74, 6) is 1.21. The summed E-state index contributed by atoms with van der Waals surface area (Å²) in [6, 6.07) is 2.11. The maximum atomic E-state index is 12.6. The van der Waals surface area contributed by atoms with Gasteiger partial charge in [0.15, 0.2) is 0 Å². The fraction of sp³-hybridized carbons (Fsp3) is 0.643. The molecule has 0 bridgehead atoms. The minimum Gasteiger partial charge on any atom is -0.348 e. The van der Waals surface area contributed by atoms with Gasteiger partial charge in [0.1, 0.15) is 5.25 Å². The summed E-state index contributed by atoms with van der Waals surface area (Å²) in [4.78, 5) is 14.0. The smallest absolute Gasteiger partial charge is 0.238 e. The largest absolute Gasteiger partial charge is 0.348 e. The minimum absolute atomic E-state index is 0.0287. The number of carbonyl (C=O) groups is 1. The van der Waals surface area contributed by atoms with E-state index in [1.165, 1.54) is 23.3 Å². The molecule has 5 heteroatoms. The second-order valence-electron chi connectivity index (χ2n) is 5.48. The van der Waals surface area contributed by atoms with Gasteiger partial charge < -0.3 is 11.1 Å². The monoisotopic (exact) mass is 296 g/mol. The van der Waals surface area contributed by atoms with Crippen LogP contribution in [0.25, 0.3) is 0 Å². The van der Waals surface area contributed by atoms with Crippen LogP contribution in [0.3, 0.4) is 0 Å². The first-order chi connectivity index (χ1) is 9.24. The average molecular weight is 296 g/mol. The molecule has 1 aliphatic heterocycles. The fourth-order valence-corrected chi connectivity index (χ4v) is 5.42. The first kappa shape index (κ1) is 13.5.